The Kier molecular flexibility index (Phi) is 2.77. The van der Waals surface area contributed by atoms with Crippen molar-refractivity contribution in [1.82, 2.24) is 4.83 Å². The summed E-state index contributed by atoms with van der Waals surface area (Å²) in [7, 11) is -3.91. The predicted molar refractivity (Wildman–Crippen MR) is 47.6 cm³/mol. The summed E-state index contributed by atoms with van der Waals surface area (Å²) in [5.41, 5.74) is 0. The number of hydrogen-bond acceptors (Lipinski definition) is 4. The first kappa shape index (κ1) is 10.3. The zero-order valence-electron chi connectivity index (χ0n) is 6.36. The highest BCUT2D eigenvalue weighted by atomic mass is 35.5. The van der Waals surface area contributed by atoms with Gasteiger partial charge in [-0.25, -0.2) is 8.42 Å². The summed E-state index contributed by atoms with van der Waals surface area (Å²) >= 11 is 5.56. The van der Waals surface area contributed by atoms with Crippen LogP contribution >= 0.6 is 11.6 Å². The lowest BCUT2D eigenvalue weighted by Crippen LogP contribution is -2.30. The highest BCUT2D eigenvalue weighted by Gasteiger charge is 2.20. The van der Waals surface area contributed by atoms with Crippen LogP contribution in [0.2, 0.25) is 5.02 Å². The Bertz CT molecular complexity index is 398. The Morgan fingerprint density at radius 2 is 2.08 bits per heavy atom. The van der Waals surface area contributed by atoms with E-state index in [0.29, 0.717) is 0 Å². The monoisotopic (exact) mass is 222 g/mol. The number of hydrazine groups is 1. The van der Waals surface area contributed by atoms with Crippen LogP contribution in [0.3, 0.4) is 0 Å². The maximum Gasteiger partial charge on any atom is 0.258 e. The third-order valence-electron chi connectivity index (χ3n) is 1.37. The number of nitrogens with two attached hydrogens (primary N) is 1. The molecule has 1 aromatic rings. The minimum Gasteiger partial charge on any atom is -0.506 e. The normalized spacial score (nSPS) is 11.5. The van der Waals surface area contributed by atoms with Gasteiger partial charge in [-0.2, -0.15) is 0 Å². The van der Waals surface area contributed by atoms with E-state index in [9.17, 15) is 13.5 Å². The molecule has 13 heavy (non-hydrogen) atoms. The third kappa shape index (κ3) is 1.92. The van der Waals surface area contributed by atoms with E-state index in [0.717, 1.165) is 0 Å². The fraction of sp³-hybridized carbons (Fsp3) is 0. The second kappa shape index (κ2) is 3.51. The molecule has 0 aliphatic carbocycles. The van der Waals surface area contributed by atoms with Crippen molar-refractivity contribution in [3.8, 4) is 5.75 Å². The number of phenolic OH excluding ortho intramolecular Hbond substituents is 1. The molecule has 0 heterocycles. The van der Waals surface area contributed by atoms with Crippen molar-refractivity contribution in [3.05, 3.63) is 23.2 Å². The quantitative estimate of drug-likeness (QED) is 0.492. The van der Waals surface area contributed by atoms with Crippen molar-refractivity contribution in [2.75, 3.05) is 0 Å². The van der Waals surface area contributed by atoms with Gasteiger partial charge in [0.1, 0.15) is 10.6 Å². The van der Waals surface area contributed by atoms with Gasteiger partial charge in [-0.3, -0.25) is 5.84 Å². The van der Waals surface area contributed by atoms with Crippen molar-refractivity contribution < 1.29 is 13.5 Å². The number of halogens is 1. The molecular formula is C6H7ClN2O3S. The Morgan fingerprint density at radius 1 is 1.46 bits per heavy atom. The summed E-state index contributed by atoms with van der Waals surface area (Å²) in [4.78, 5) is 1.15. The van der Waals surface area contributed by atoms with Gasteiger partial charge in [-0.1, -0.05) is 17.7 Å². The Labute approximate surface area is 80.1 Å². The molecule has 7 heteroatoms. The van der Waals surface area contributed by atoms with Gasteiger partial charge in [0, 0.05) is 0 Å². The number of phenols is 1. The molecule has 0 aromatic heterocycles. The molecule has 0 fully saturated rings. The van der Waals surface area contributed by atoms with Gasteiger partial charge in [-0.05, 0) is 12.1 Å². The van der Waals surface area contributed by atoms with Gasteiger partial charge in [-0.15, -0.1) is 4.83 Å². The molecule has 1 rings (SSSR count). The van der Waals surface area contributed by atoms with Crippen LogP contribution in [0.4, 0.5) is 0 Å². The first-order valence-corrected chi connectivity index (χ1v) is 5.05. The molecule has 72 valence electrons. The molecule has 0 aliphatic rings. The minimum atomic E-state index is -3.91. The Hall–Kier alpha value is -0.820. The number of rotatable bonds is 2. The zero-order chi connectivity index (χ0) is 10.1. The van der Waals surface area contributed by atoms with Crippen LogP contribution in [-0.4, -0.2) is 13.5 Å². The van der Waals surface area contributed by atoms with Gasteiger partial charge in [0.25, 0.3) is 10.0 Å². The van der Waals surface area contributed by atoms with Gasteiger partial charge >= 0.3 is 0 Å². The molecule has 0 bridgehead atoms. The number of aromatic hydroxyl groups is 1. The predicted octanol–water partition coefficient (Wildman–Crippen LogP) is 0.198. The summed E-state index contributed by atoms with van der Waals surface area (Å²) in [5.74, 6) is 4.33. The van der Waals surface area contributed by atoms with Crippen molar-refractivity contribution in [1.29, 1.82) is 0 Å². The molecule has 0 spiro atoms. The SMILES string of the molecule is NNS(=O)(=O)c1c(O)cccc1Cl. The van der Waals surface area contributed by atoms with E-state index >= 15 is 0 Å². The molecule has 1 aromatic carbocycles. The first-order chi connectivity index (χ1) is 5.99. The van der Waals surface area contributed by atoms with Gasteiger partial charge in [0.15, 0.2) is 0 Å². The summed E-state index contributed by atoms with van der Waals surface area (Å²) in [5, 5.41) is 9.11. The summed E-state index contributed by atoms with van der Waals surface area (Å²) in [6.07, 6.45) is 0. The largest absolute Gasteiger partial charge is 0.506 e. The lowest BCUT2D eigenvalue weighted by Gasteiger charge is -2.05. The lowest BCUT2D eigenvalue weighted by atomic mass is 10.3. The van der Waals surface area contributed by atoms with E-state index in [1.165, 1.54) is 18.2 Å². The number of hydrogen-bond donors (Lipinski definition) is 3. The van der Waals surface area contributed by atoms with E-state index in [1.807, 2.05) is 0 Å². The van der Waals surface area contributed by atoms with Crippen LogP contribution in [0.5, 0.6) is 5.75 Å². The van der Waals surface area contributed by atoms with E-state index < -0.39 is 20.7 Å². The second-order valence-corrected chi connectivity index (χ2v) is 4.27. The highest BCUT2D eigenvalue weighted by Crippen LogP contribution is 2.29. The highest BCUT2D eigenvalue weighted by molar-refractivity contribution is 7.89. The minimum absolute atomic E-state index is 0.0852. The van der Waals surface area contributed by atoms with Crippen molar-refractivity contribution in [3.63, 3.8) is 0 Å². The van der Waals surface area contributed by atoms with Crippen molar-refractivity contribution in [2.45, 2.75) is 4.90 Å². The van der Waals surface area contributed by atoms with Crippen molar-refractivity contribution >= 4 is 21.6 Å². The molecular weight excluding hydrogens is 216 g/mol. The molecule has 4 N–H and O–H groups in total. The van der Waals surface area contributed by atoms with E-state index in [1.54, 1.807) is 4.83 Å². The molecule has 0 amide bonds. The molecule has 0 saturated heterocycles. The number of nitrogens with one attached hydrogen (secondary N) is 1. The topological polar surface area (TPSA) is 92.4 Å². The molecule has 0 atom stereocenters. The molecule has 0 unspecified atom stereocenters. The summed E-state index contributed by atoms with van der Waals surface area (Å²) in [6.45, 7) is 0. The maximum absolute atomic E-state index is 11.2. The molecule has 5 nitrogen and oxygen atoms in total. The fourth-order valence-electron chi connectivity index (χ4n) is 0.822. The standard InChI is InChI=1S/C6H7ClN2O3S/c7-4-2-1-3-5(10)6(4)13(11,12)9-8/h1-3,9-10H,8H2. The summed E-state index contributed by atoms with van der Waals surface area (Å²) in [6, 6.07) is 3.97. The number of benzene rings is 1. The molecule has 0 radical (unpaired) electrons. The number of sulfonamides is 1. The average Bonchev–Trinajstić information content (AvgIpc) is 2.03. The Morgan fingerprint density at radius 3 is 2.54 bits per heavy atom. The van der Waals surface area contributed by atoms with Crippen LogP contribution in [0.25, 0.3) is 0 Å². The zero-order valence-corrected chi connectivity index (χ0v) is 7.93. The van der Waals surface area contributed by atoms with Crippen LogP contribution in [0.15, 0.2) is 23.1 Å². The first-order valence-electron chi connectivity index (χ1n) is 3.19. The lowest BCUT2D eigenvalue weighted by molar-refractivity contribution is 0.458. The van der Waals surface area contributed by atoms with Crippen LogP contribution in [-0.2, 0) is 10.0 Å². The third-order valence-corrected chi connectivity index (χ3v) is 3.07. The van der Waals surface area contributed by atoms with E-state index in [4.69, 9.17) is 17.4 Å². The molecule has 0 aliphatic heterocycles. The van der Waals surface area contributed by atoms with E-state index in [-0.39, 0.29) is 5.02 Å². The van der Waals surface area contributed by atoms with Crippen LogP contribution in [0, 0.1) is 0 Å². The molecule has 0 saturated carbocycles. The van der Waals surface area contributed by atoms with Gasteiger partial charge < -0.3 is 5.11 Å². The smallest absolute Gasteiger partial charge is 0.258 e. The fourth-order valence-corrected chi connectivity index (χ4v) is 2.08. The average molecular weight is 223 g/mol. The van der Waals surface area contributed by atoms with Crippen molar-refractivity contribution in [2.24, 2.45) is 5.84 Å². The van der Waals surface area contributed by atoms with Gasteiger partial charge in [0.05, 0.1) is 5.02 Å². The van der Waals surface area contributed by atoms with Crippen LogP contribution in [0.1, 0.15) is 0 Å². The Balaban J connectivity index is 3.46. The van der Waals surface area contributed by atoms with E-state index in [2.05, 4.69) is 0 Å². The summed E-state index contributed by atoms with van der Waals surface area (Å²) < 4.78 is 22.3. The van der Waals surface area contributed by atoms with Crippen LogP contribution < -0.4 is 10.7 Å². The van der Waals surface area contributed by atoms with Gasteiger partial charge in [0.2, 0.25) is 0 Å². The maximum atomic E-state index is 11.2. The second-order valence-electron chi connectivity index (χ2n) is 2.21.